The molecule has 2 amide bonds. The van der Waals surface area contributed by atoms with E-state index in [-0.39, 0.29) is 17.9 Å². The minimum Gasteiger partial charge on any atom is -0.348 e. The van der Waals surface area contributed by atoms with E-state index in [1.54, 1.807) is 28.8 Å². The van der Waals surface area contributed by atoms with Crippen molar-refractivity contribution in [1.82, 2.24) is 10.2 Å². The summed E-state index contributed by atoms with van der Waals surface area (Å²) in [5, 5.41) is 5.41. The molecule has 1 heterocycles. The topological polar surface area (TPSA) is 49.4 Å². The molecule has 1 aliphatic heterocycles. The van der Waals surface area contributed by atoms with Gasteiger partial charge in [-0.2, -0.15) is 0 Å². The summed E-state index contributed by atoms with van der Waals surface area (Å²) < 4.78 is 0. The van der Waals surface area contributed by atoms with Crippen LogP contribution in [0, 0.1) is 0 Å². The quantitative estimate of drug-likeness (QED) is 0.725. The fourth-order valence-corrected chi connectivity index (χ4v) is 4.78. The van der Waals surface area contributed by atoms with Crippen molar-refractivity contribution >= 4 is 34.3 Å². The summed E-state index contributed by atoms with van der Waals surface area (Å²) in [5.74, 6) is 0.958. The van der Waals surface area contributed by atoms with Crippen molar-refractivity contribution in [2.24, 2.45) is 0 Å². The zero-order valence-corrected chi connectivity index (χ0v) is 16.5. The lowest BCUT2D eigenvalue weighted by Crippen LogP contribution is -2.47. The zero-order valence-electron chi connectivity index (χ0n) is 15.7. The number of fused-ring (bicyclic) bond motifs is 1. The predicted octanol–water partition coefficient (Wildman–Crippen LogP) is 4.23. The second-order valence-corrected chi connectivity index (χ2v) is 7.96. The number of carbonyl (C=O) groups excluding carboxylic acids is 2. The van der Waals surface area contributed by atoms with Crippen LogP contribution in [0.4, 0.5) is 0 Å². The van der Waals surface area contributed by atoms with E-state index in [0.717, 1.165) is 16.3 Å². The van der Waals surface area contributed by atoms with Gasteiger partial charge in [-0.1, -0.05) is 60.7 Å². The van der Waals surface area contributed by atoms with Crippen molar-refractivity contribution in [3.05, 3.63) is 83.9 Å². The molecule has 0 saturated carbocycles. The molecule has 3 aromatic carbocycles. The highest BCUT2D eigenvalue weighted by Crippen LogP contribution is 2.26. The van der Waals surface area contributed by atoms with Crippen molar-refractivity contribution < 1.29 is 9.59 Å². The van der Waals surface area contributed by atoms with E-state index < -0.39 is 6.04 Å². The molecular formula is C23H22N2O2S. The molecule has 1 fully saturated rings. The maximum atomic E-state index is 13.0. The first-order chi connectivity index (χ1) is 13.6. The van der Waals surface area contributed by atoms with E-state index in [1.807, 2.05) is 49.4 Å². The monoisotopic (exact) mass is 390 g/mol. The molecule has 0 spiro atoms. The average Bonchev–Trinajstić information content (AvgIpc) is 3.23. The van der Waals surface area contributed by atoms with Crippen molar-refractivity contribution in [3.8, 4) is 0 Å². The number of thioether (sulfide) groups is 1. The molecule has 1 saturated heterocycles. The van der Waals surface area contributed by atoms with Crippen LogP contribution in [-0.4, -0.2) is 34.4 Å². The van der Waals surface area contributed by atoms with Crippen LogP contribution >= 0.6 is 11.8 Å². The van der Waals surface area contributed by atoms with Gasteiger partial charge in [0.15, 0.2) is 0 Å². The molecular weight excluding hydrogens is 368 g/mol. The Hall–Kier alpha value is -2.79. The lowest BCUT2D eigenvalue weighted by atomic mass is 9.99. The van der Waals surface area contributed by atoms with Gasteiger partial charge in [0.2, 0.25) is 5.91 Å². The first-order valence-electron chi connectivity index (χ1n) is 9.37. The highest BCUT2D eigenvalue weighted by molar-refractivity contribution is 7.99. The van der Waals surface area contributed by atoms with Gasteiger partial charge in [0.1, 0.15) is 6.04 Å². The normalized spacial score (nSPS) is 17.5. The predicted molar refractivity (Wildman–Crippen MR) is 114 cm³/mol. The average molecular weight is 391 g/mol. The molecule has 28 heavy (non-hydrogen) atoms. The van der Waals surface area contributed by atoms with Crippen LogP contribution < -0.4 is 5.32 Å². The van der Waals surface area contributed by atoms with E-state index in [9.17, 15) is 9.59 Å². The standard InChI is InChI=1S/C23H22N2O2S/c1-16(19-13-7-11-17-8-5-6-12-20(17)19)24-22(26)21-14-28-15-25(21)23(27)18-9-3-2-4-10-18/h2-13,16,21H,14-15H2,1H3,(H,24,26)/t16-,21+/m1/s1. The summed E-state index contributed by atoms with van der Waals surface area (Å²) in [5.41, 5.74) is 1.70. The van der Waals surface area contributed by atoms with E-state index >= 15 is 0 Å². The molecule has 0 aromatic heterocycles. The minimum atomic E-state index is -0.449. The fourth-order valence-electron chi connectivity index (χ4n) is 3.62. The van der Waals surface area contributed by atoms with E-state index in [4.69, 9.17) is 0 Å². The first-order valence-corrected chi connectivity index (χ1v) is 10.5. The van der Waals surface area contributed by atoms with E-state index in [2.05, 4.69) is 23.5 Å². The number of benzene rings is 3. The molecule has 0 bridgehead atoms. The molecule has 3 aromatic rings. The van der Waals surface area contributed by atoms with Gasteiger partial charge in [0.05, 0.1) is 11.9 Å². The molecule has 0 aliphatic carbocycles. The summed E-state index contributed by atoms with van der Waals surface area (Å²) >= 11 is 1.61. The minimum absolute atomic E-state index is 0.0939. The highest BCUT2D eigenvalue weighted by Gasteiger charge is 2.35. The number of hydrogen-bond donors (Lipinski definition) is 1. The zero-order chi connectivity index (χ0) is 19.5. The Labute approximate surface area is 168 Å². The fraction of sp³-hybridized carbons (Fsp3) is 0.217. The van der Waals surface area contributed by atoms with Gasteiger partial charge in [-0.15, -0.1) is 11.8 Å². The van der Waals surface area contributed by atoms with E-state index in [1.165, 1.54) is 0 Å². The summed E-state index contributed by atoms with van der Waals surface area (Å²) in [4.78, 5) is 27.5. The number of amides is 2. The largest absolute Gasteiger partial charge is 0.348 e. The van der Waals surface area contributed by atoms with Gasteiger partial charge in [-0.25, -0.2) is 0 Å². The Balaban J connectivity index is 1.51. The first kappa shape index (κ1) is 18.6. The number of nitrogens with one attached hydrogen (secondary N) is 1. The molecule has 4 rings (SSSR count). The van der Waals surface area contributed by atoms with E-state index in [0.29, 0.717) is 17.2 Å². The third-order valence-corrected chi connectivity index (χ3v) is 6.13. The van der Waals surface area contributed by atoms with Crippen molar-refractivity contribution in [2.75, 3.05) is 11.6 Å². The molecule has 1 aliphatic rings. The second-order valence-electron chi connectivity index (χ2n) is 6.96. The Kier molecular flexibility index (Phi) is 5.35. The number of hydrogen-bond acceptors (Lipinski definition) is 3. The van der Waals surface area contributed by atoms with Gasteiger partial charge in [-0.3, -0.25) is 9.59 Å². The van der Waals surface area contributed by atoms with Crippen LogP contribution in [0.25, 0.3) is 10.8 Å². The summed E-state index contributed by atoms with van der Waals surface area (Å²) in [7, 11) is 0. The van der Waals surface area contributed by atoms with Crippen molar-refractivity contribution in [3.63, 3.8) is 0 Å². The SMILES string of the molecule is C[C@@H](NC(=O)[C@@H]1CSCN1C(=O)c1ccccc1)c1cccc2ccccc12. The third-order valence-electron chi connectivity index (χ3n) is 5.12. The van der Waals surface area contributed by atoms with Gasteiger partial charge in [-0.05, 0) is 35.4 Å². The molecule has 0 unspecified atom stereocenters. The molecule has 0 radical (unpaired) electrons. The molecule has 4 nitrogen and oxygen atoms in total. The Bertz CT molecular complexity index is 1000. The van der Waals surface area contributed by atoms with Gasteiger partial charge in [0.25, 0.3) is 5.91 Å². The number of rotatable bonds is 4. The van der Waals surface area contributed by atoms with Crippen LogP contribution in [0.3, 0.4) is 0 Å². The summed E-state index contributed by atoms with van der Waals surface area (Å²) in [6.07, 6.45) is 0. The second kappa shape index (κ2) is 8.07. The molecule has 142 valence electrons. The van der Waals surface area contributed by atoms with Crippen LogP contribution in [0.1, 0.15) is 28.9 Å². The van der Waals surface area contributed by atoms with Crippen LogP contribution in [0.15, 0.2) is 72.8 Å². The smallest absolute Gasteiger partial charge is 0.255 e. The Morgan fingerprint density at radius 3 is 2.54 bits per heavy atom. The molecule has 5 heteroatoms. The maximum Gasteiger partial charge on any atom is 0.255 e. The Morgan fingerprint density at radius 2 is 1.71 bits per heavy atom. The maximum absolute atomic E-state index is 13.0. The third kappa shape index (κ3) is 3.62. The van der Waals surface area contributed by atoms with Crippen LogP contribution in [-0.2, 0) is 4.79 Å². The highest BCUT2D eigenvalue weighted by atomic mass is 32.2. The van der Waals surface area contributed by atoms with Crippen molar-refractivity contribution in [1.29, 1.82) is 0 Å². The number of carbonyl (C=O) groups is 2. The molecule has 2 atom stereocenters. The summed E-state index contributed by atoms with van der Waals surface area (Å²) in [6, 6.07) is 22.8. The summed E-state index contributed by atoms with van der Waals surface area (Å²) in [6.45, 7) is 1.99. The number of nitrogens with zero attached hydrogens (tertiary/aromatic N) is 1. The van der Waals surface area contributed by atoms with Crippen LogP contribution in [0.2, 0.25) is 0 Å². The van der Waals surface area contributed by atoms with Crippen LogP contribution in [0.5, 0.6) is 0 Å². The van der Waals surface area contributed by atoms with Gasteiger partial charge < -0.3 is 10.2 Å². The van der Waals surface area contributed by atoms with Crippen molar-refractivity contribution in [2.45, 2.75) is 19.0 Å². The van der Waals surface area contributed by atoms with Gasteiger partial charge >= 0.3 is 0 Å². The Morgan fingerprint density at radius 1 is 1.00 bits per heavy atom. The lowest BCUT2D eigenvalue weighted by molar-refractivity contribution is -0.125. The van der Waals surface area contributed by atoms with Gasteiger partial charge in [0, 0.05) is 11.3 Å². The lowest BCUT2D eigenvalue weighted by Gasteiger charge is -2.25. The molecule has 1 N–H and O–H groups in total.